The van der Waals surface area contributed by atoms with E-state index in [1.54, 1.807) is 41.9 Å². The zero-order chi connectivity index (χ0) is 25.5. The van der Waals surface area contributed by atoms with Crippen molar-refractivity contribution in [2.24, 2.45) is 0 Å². The smallest absolute Gasteiger partial charge is 0.257 e. The Balaban J connectivity index is 1.54. The molecule has 1 aromatic heterocycles. The normalized spacial score (nSPS) is 14.2. The van der Waals surface area contributed by atoms with Gasteiger partial charge in [-0.15, -0.1) is 11.3 Å². The molecule has 0 saturated carbocycles. The Labute approximate surface area is 214 Å². The minimum absolute atomic E-state index is 0.180. The summed E-state index contributed by atoms with van der Waals surface area (Å²) >= 11 is 1.31. The van der Waals surface area contributed by atoms with Crippen LogP contribution in [0.1, 0.15) is 24.2 Å². The first-order valence-corrected chi connectivity index (χ1v) is 13.6. The number of sulfonamides is 1. The number of hydrogen-bond acceptors (Lipinski definition) is 8. The Morgan fingerprint density at radius 2 is 1.83 bits per heavy atom. The van der Waals surface area contributed by atoms with Gasteiger partial charge in [-0.2, -0.15) is 4.31 Å². The van der Waals surface area contributed by atoms with Crippen LogP contribution in [0.15, 0.2) is 70.6 Å². The maximum absolute atomic E-state index is 12.9. The number of benzene rings is 2. The van der Waals surface area contributed by atoms with Crippen LogP contribution < -0.4 is 14.8 Å². The van der Waals surface area contributed by atoms with Crippen molar-refractivity contribution in [3.8, 4) is 17.2 Å². The first-order valence-electron chi connectivity index (χ1n) is 11.3. The third-order valence-electron chi connectivity index (χ3n) is 5.20. The van der Waals surface area contributed by atoms with Crippen LogP contribution in [0.3, 0.4) is 0 Å². The van der Waals surface area contributed by atoms with Crippen molar-refractivity contribution >= 4 is 32.4 Å². The molecule has 0 atom stereocenters. The fourth-order valence-corrected chi connectivity index (χ4v) is 5.29. The molecule has 3 aromatic rings. The van der Waals surface area contributed by atoms with Gasteiger partial charge < -0.3 is 14.2 Å². The number of carbonyl (C=O) groups excluding carboxylic acids is 1. The van der Waals surface area contributed by atoms with Gasteiger partial charge >= 0.3 is 0 Å². The Bertz CT molecular complexity index is 1310. The Kier molecular flexibility index (Phi) is 8.36. The van der Waals surface area contributed by atoms with Crippen molar-refractivity contribution in [2.75, 3.05) is 38.2 Å². The van der Waals surface area contributed by atoms with Gasteiger partial charge in [-0.05, 0) is 56.3 Å². The molecular weight excluding hydrogens is 502 g/mol. The Hall–Kier alpha value is -3.25. The van der Waals surface area contributed by atoms with Gasteiger partial charge in [0.1, 0.15) is 23.9 Å². The molecule has 2 heterocycles. The van der Waals surface area contributed by atoms with Crippen LogP contribution in [-0.4, -0.2) is 56.5 Å². The third-order valence-corrected chi connectivity index (χ3v) is 7.81. The van der Waals surface area contributed by atoms with Gasteiger partial charge in [0.25, 0.3) is 5.91 Å². The van der Waals surface area contributed by atoms with Crippen LogP contribution >= 0.6 is 11.3 Å². The van der Waals surface area contributed by atoms with Gasteiger partial charge in [0.15, 0.2) is 5.13 Å². The van der Waals surface area contributed by atoms with Crippen LogP contribution in [0, 0.1) is 0 Å². The molecule has 0 unspecified atom stereocenters. The summed E-state index contributed by atoms with van der Waals surface area (Å²) in [6.07, 6.45) is 3.53. The van der Waals surface area contributed by atoms with E-state index in [1.807, 2.05) is 19.9 Å². The summed E-state index contributed by atoms with van der Waals surface area (Å²) in [5.74, 6) is 0.900. The largest absolute Gasteiger partial charge is 0.489 e. The standard InChI is InChI=1S/C25H27N3O6S2/c1-18(2)7-11-33-21-15-19(24(29)27-25-26-8-14-35-25)16-22(17-21)34-20-3-5-23(6-4-20)36(30,31)28-9-12-32-13-10-28/h3-8,14-17H,9-13H2,1-2H3,(H,26,27,29). The molecule has 0 spiro atoms. The van der Waals surface area contributed by atoms with Crippen LogP contribution in [-0.2, 0) is 14.8 Å². The van der Waals surface area contributed by atoms with Gasteiger partial charge in [-0.25, -0.2) is 13.4 Å². The first kappa shape index (κ1) is 25.8. The van der Waals surface area contributed by atoms with E-state index in [-0.39, 0.29) is 10.8 Å². The molecule has 1 saturated heterocycles. The molecule has 11 heteroatoms. The number of thiazole rings is 1. The lowest BCUT2D eigenvalue weighted by molar-refractivity contribution is 0.0730. The summed E-state index contributed by atoms with van der Waals surface area (Å²) in [6.45, 7) is 5.69. The molecule has 1 amide bonds. The highest BCUT2D eigenvalue weighted by molar-refractivity contribution is 7.89. The second-order valence-corrected chi connectivity index (χ2v) is 11.0. The molecule has 4 rings (SSSR count). The lowest BCUT2D eigenvalue weighted by atomic mass is 10.2. The van der Waals surface area contributed by atoms with E-state index in [9.17, 15) is 13.2 Å². The van der Waals surface area contributed by atoms with Gasteiger partial charge in [0.2, 0.25) is 10.0 Å². The molecule has 0 aliphatic carbocycles. The lowest BCUT2D eigenvalue weighted by Crippen LogP contribution is -2.40. The zero-order valence-corrected chi connectivity index (χ0v) is 21.6. The molecule has 1 aliphatic heterocycles. The van der Waals surface area contributed by atoms with Crippen molar-refractivity contribution in [3.05, 3.63) is 71.3 Å². The predicted octanol–water partition coefficient (Wildman–Crippen LogP) is 4.55. The van der Waals surface area contributed by atoms with E-state index in [0.717, 1.165) is 5.57 Å². The molecule has 0 radical (unpaired) electrons. The number of allylic oxidation sites excluding steroid dienone is 1. The maximum Gasteiger partial charge on any atom is 0.257 e. The number of nitrogens with zero attached hydrogens (tertiary/aromatic N) is 2. The number of hydrogen-bond donors (Lipinski definition) is 1. The second kappa shape index (κ2) is 11.7. The summed E-state index contributed by atoms with van der Waals surface area (Å²) in [6, 6.07) is 11.1. The monoisotopic (exact) mass is 529 g/mol. The number of morpholine rings is 1. The molecule has 2 aromatic carbocycles. The van der Waals surface area contributed by atoms with E-state index in [1.165, 1.54) is 27.8 Å². The van der Waals surface area contributed by atoms with Crippen molar-refractivity contribution < 1.29 is 27.4 Å². The molecule has 9 nitrogen and oxygen atoms in total. The third kappa shape index (κ3) is 6.70. The summed E-state index contributed by atoms with van der Waals surface area (Å²) in [5.41, 5.74) is 1.44. The number of carbonyl (C=O) groups is 1. The fraction of sp³-hybridized carbons (Fsp3) is 0.280. The van der Waals surface area contributed by atoms with E-state index in [4.69, 9.17) is 14.2 Å². The highest BCUT2D eigenvalue weighted by atomic mass is 32.2. The van der Waals surface area contributed by atoms with E-state index >= 15 is 0 Å². The van der Waals surface area contributed by atoms with Gasteiger partial charge in [-0.3, -0.25) is 10.1 Å². The Morgan fingerprint density at radius 1 is 1.11 bits per heavy atom. The van der Waals surface area contributed by atoms with Gasteiger partial charge in [0.05, 0.1) is 18.1 Å². The first-order chi connectivity index (χ1) is 17.3. The average Bonchev–Trinajstić information content (AvgIpc) is 3.38. The number of ether oxygens (including phenoxy) is 3. The van der Waals surface area contributed by atoms with E-state index < -0.39 is 10.0 Å². The molecule has 36 heavy (non-hydrogen) atoms. The lowest BCUT2D eigenvalue weighted by Gasteiger charge is -2.26. The van der Waals surface area contributed by atoms with Crippen LogP contribution in [0.25, 0.3) is 0 Å². The highest BCUT2D eigenvalue weighted by Crippen LogP contribution is 2.29. The van der Waals surface area contributed by atoms with Gasteiger partial charge in [0, 0.05) is 36.3 Å². The van der Waals surface area contributed by atoms with E-state index in [2.05, 4.69) is 10.3 Å². The SMILES string of the molecule is CC(C)=CCOc1cc(Oc2ccc(S(=O)(=O)N3CCOCC3)cc2)cc(C(=O)Nc2nccs2)c1. The quantitative estimate of drug-likeness (QED) is 0.405. The minimum Gasteiger partial charge on any atom is -0.489 e. The number of amides is 1. The minimum atomic E-state index is -3.60. The van der Waals surface area contributed by atoms with Crippen LogP contribution in [0.5, 0.6) is 17.2 Å². The average molecular weight is 530 g/mol. The Morgan fingerprint density at radius 3 is 2.50 bits per heavy atom. The molecule has 0 bridgehead atoms. The van der Waals surface area contributed by atoms with Crippen LogP contribution in [0.4, 0.5) is 5.13 Å². The van der Waals surface area contributed by atoms with E-state index in [0.29, 0.717) is 60.9 Å². The van der Waals surface area contributed by atoms with Crippen molar-refractivity contribution in [3.63, 3.8) is 0 Å². The molecule has 1 N–H and O–H groups in total. The maximum atomic E-state index is 12.9. The number of nitrogens with one attached hydrogen (secondary N) is 1. The second-order valence-electron chi connectivity index (χ2n) is 8.17. The molecule has 1 aliphatic rings. The van der Waals surface area contributed by atoms with Crippen LogP contribution in [0.2, 0.25) is 0 Å². The summed E-state index contributed by atoms with van der Waals surface area (Å²) in [4.78, 5) is 17.1. The molecule has 190 valence electrons. The summed E-state index contributed by atoms with van der Waals surface area (Å²) in [7, 11) is -3.60. The van der Waals surface area contributed by atoms with Crippen molar-refractivity contribution in [1.82, 2.24) is 9.29 Å². The predicted molar refractivity (Wildman–Crippen MR) is 138 cm³/mol. The number of anilines is 1. The fourth-order valence-electron chi connectivity index (χ4n) is 3.36. The number of rotatable bonds is 9. The van der Waals surface area contributed by atoms with Gasteiger partial charge in [-0.1, -0.05) is 5.57 Å². The molecule has 1 fully saturated rings. The molecular formula is C25H27N3O6S2. The zero-order valence-electron chi connectivity index (χ0n) is 20.0. The van der Waals surface area contributed by atoms with Crippen molar-refractivity contribution in [2.45, 2.75) is 18.7 Å². The topological polar surface area (TPSA) is 107 Å². The summed E-state index contributed by atoms with van der Waals surface area (Å²) < 4.78 is 44.2. The number of aromatic nitrogens is 1. The van der Waals surface area contributed by atoms with Crippen molar-refractivity contribution in [1.29, 1.82) is 0 Å². The summed E-state index contributed by atoms with van der Waals surface area (Å²) in [5, 5.41) is 5.00. The highest BCUT2D eigenvalue weighted by Gasteiger charge is 2.26.